The van der Waals surface area contributed by atoms with Crippen LogP contribution in [0, 0.1) is 6.92 Å². The zero-order valence-electron chi connectivity index (χ0n) is 16.1. The summed E-state index contributed by atoms with van der Waals surface area (Å²) >= 11 is 1.12. The largest absolute Gasteiger partial charge is 0.411 e. The van der Waals surface area contributed by atoms with Crippen molar-refractivity contribution >= 4 is 29.5 Å². The number of rotatable bonds is 4. The summed E-state index contributed by atoms with van der Waals surface area (Å²) in [5.41, 5.74) is 1.03. The Bertz CT molecular complexity index is 934. The Morgan fingerprint density at radius 1 is 1.17 bits per heavy atom. The number of hydrogen-bond donors (Lipinski definition) is 1. The fourth-order valence-corrected chi connectivity index (χ4v) is 4.58. The zero-order chi connectivity index (χ0) is 20.4. The van der Waals surface area contributed by atoms with Crippen molar-refractivity contribution in [2.75, 3.05) is 12.3 Å². The molecule has 1 saturated carbocycles. The topological polar surface area (TPSA) is 105 Å². The third-order valence-corrected chi connectivity index (χ3v) is 6.30. The SMILES string of the molecule is Cc1ccc(-c2nnc(SCC(=O)N3CC(=O)NC(=O)C34CCCCC4)o2)cc1. The second-order valence-corrected chi connectivity index (χ2v) is 8.40. The number of hydrogen-bond acceptors (Lipinski definition) is 7. The normalized spacial score (nSPS) is 18.7. The van der Waals surface area contributed by atoms with Crippen LogP contribution in [-0.2, 0) is 14.4 Å². The average Bonchev–Trinajstić information content (AvgIpc) is 3.19. The van der Waals surface area contributed by atoms with E-state index in [1.165, 1.54) is 4.90 Å². The van der Waals surface area contributed by atoms with E-state index in [2.05, 4.69) is 15.5 Å². The summed E-state index contributed by atoms with van der Waals surface area (Å²) in [7, 11) is 0. The summed E-state index contributed by atoms with van der Waals surface area (Å²) in [6.07, 6.45) is 3.93. The molecule has 1 aromatic carbocycles. The van der Waals surface area contributed by atoms with Gasteiger partial charge in [0.1, 0.15) is 12.1 Å². The predicted octanol–water partition coefficient (Wildman–Crippen LogP) is 2.33. The fourth-order valence-electron chi connectivity index (χ4n) is 3.94. The van der Waals surface area contributed by atoms with Gasteiger partial charge in [-0.15, -0.1) is 10.2 Å². The van der Waals surface area contributed by atoms with E-state index < -0.39 is 11.4 Å². The van der Waals surface area contributed by atoms with E-state index in [1.54, 1.807) is 0 Å². The molecule has 8 nitrogen and oxygen atoms in total. The molecule has 2 aromatic rings. The van der Waals surface area contributed by atoms with Crippen LogP contribution >= 0.6 is 11.8 Å². The molecule has 1 aromatic heterocycles. The van der Waals surface area contributed by atoms with Crippen molar-refractivity contribution in [2.45, 2.75) is 49.8 Å². The lowest BCUT2D eigenvalue weighted by molar-refractivity contribution is -0.158. The van der Waals surface area contributed by atoms with Gasteiger partial charge in [0, 0.05) is 5.56 Å². The predicted molar refractivity (Wildman–Crippen MR) is 106 cm³/mol. The van der Waals surface area contributed by atoms with Crippen LogP contribution in [0.3, 0.4) is 0 Å². The summed E-state index contributed by atoms with van der Waals surface area (Å²) in [6, 6.07) is 7.70. The van der Waals surface area contributed by atoms with Gasteiger partial charge in [0.25, 0.3) is 11.1 Å². The summed E-state index contributed by atoms with van der Waals surface area (Å²) in [6.45, 7) is 1.90. The smallest absolute Gasteiger partial charge is 0.277 e. The number of aryl methyl sites for hydroxylation is 1. The van der Waals surface area contributed by atoms with Gasteiger partial charge in [0.05, 0.1) is 5.75 Å². The van der Waals surface area contributed by atoms with E-state index in [4.69, 9.17) is 4.42 Å². The lowest BCUT2D eigenvalue weighted by Gasteiger charge is -2.47. The van der Waals surface area contributed by atoms with Crippen LogP contribution in [-0.4, -0.2) is 50.7 Å². The highest BCUT2D eigenvalue weighted by molar-refractivity contribution is 7.99. The van der Waals surface area contributed by atoms with Gasteiger partial charge in [-0.2, -0.15) is 0 Å². The van der Waals surface area contributed by atoms with Gasteiger partial charge >= 0.3 is 0 Å². The number of amides is 3. The number of carbonyl (C=O) groups excluding carboxylic acids is 3. The van der Waals surface area contributed by atoms with Crippen LogP contribution in [0.25, 0.3) is 11.5 Å². The minimum Gasteiger partial charge on any atom is -0.411 e. The lowest BCUT2D eigenvalue weighted by atomic mass is 9.78. The van der Waals surface area contributed by atoms with E-state index >= 15 is 0 Å². The lowest BCUT2D eigenvalue weighted by Crippen LogP contribution is -2.69. The Labute approximate surface area is 172 Å². The number of nitrogens with zero attached hydrogens (tertiary/aromatic N) is 3. The van der Waals surface area contributed by atoms with Gasteiger partial charge < -0.3 is 9.32 Å². The first-order valence-corrected chi connectivity index (χ1v) is 10.6. The molecule has 1 spiro atoms. The average molecular weight is 414 g/mol. The second kappa shape index (κ2) is 7.98. The van der Waals surface area contributed by atoms with Crippen LogP contribution in [0.1, 0.15) is 37.7 Å². The molecule has 152 valence electrons. The maximum Gasteiger partial charge on any atom is 0.277 e. The molecule has 3 amide bonds. The van der Waals surface area contributed by atoms with E-state index in [0.29, 0.717) is 18.7 Å². The Balaban J connectivity index is 1.45. The number of benzene rings is 1. The number of aromatic nitrogens is 2. The van der Waals surface area contributed by atoms with E-state index in [-0.39, 0.29) is 29.3 Å². The molecule has 1 aliphatic heterocycles. The van der Waals surface area contributed by atoms with Crippen LogP contribution in [0.15, 0.2) is 33.9 Å². The third kappa shape index (κ3) is 3.91. The van der Waals surface area contributed by atoms with E-state index in [9.17, 15) is 14.4 Å². The van der Waals surface area contributed by atoms with Crippen molar-refractivity contribution in [1.82, 2.24) is 20.4 Å². The maximum atomic E-state index is 12.9. The zero-order valence-corrected chi connectivity index (χ0v) is 17.0. The molecule has 0 atom stereocenters. The van der Waals surface area contributed by atoms with E-state index in [0.717, 1.165) is 42.2 Å². The molecule has 2 aliphatic rings. The minimum atomic E-state index is -0.911. The summed E-state index contributed by atoms with van der Waals surface area (Å²) < 4.78 is 5.65. The number of imide groups is 1. The highest BCUT2D eigenvalue weighted by Crippen LogP contribution is 2.36. The van der Waals surface area contributed by atoms with Crippen molar-refractivity contribution in [3.63, 3.8) is 0 Å². The number of piperazine rings is 1. The Morgan fingerprint density at radius 2 is 1.90 bits per heavy atom. The standard InChI is InChI=1S/C20H22N4O4S/c1-13-5-7-14(8-6-13)17-22-23-19(28-17)29-12-16(26)24-11-15(25)21-18(27)20(24)9-3-2-4-10-20/h5-8H,2-4,9-12H2,1H3,(H,21,25,27). The summed E-state index contributed by atoms with van der Waals surface area (Å²) in [4.78, 5) is 38.9. The first-order valence-electron chi connectivity index (χ1n) is 9.66. The Hall–Kier alpha value is -2.68. The molecule has 4 rings (SSSR count). The highest BCUT2D eigenvalue weighted by atomic mass is 32.2. The molecule has 1 N–H and O–H groups in total. The monoisotopic (exact) mass is 414 g/mol. The van der Waals surface area contributed by atoms with Crippen molar-refractivity contribution in [3.05, 3.63) is 29.8 Å². The number of nitrogens with one attached hydrogen (secondary N) is 1. The van der Waals surface area contributed by atoms with Gasteiger partial charge in [0.15, 0.2) is 0 Å². The van der Waals surface area contributed by atoms with Gasteiger partial charge in [-0.3, -0.25) is 19.7 Å². The molecule has 2 fully saturated rings. The van der Waals surface area contributed by atoms with Crippen molar-refractivity contribution in [1.29, 1.82) is 0 Å². The molecular formula is C20H22N4O4S. The molecule has 29 heavy (non-hydrogen) atoms. The van der Waals surface area contributed by atoms with Crippen LogP contribution in [0.2, 0.25) is 0 Å². The van der Waals surface area contributed by atoms with Crippen molar-refractivity contribution in [2.24, 2.45) is 0 Å². The first kappa shape index (κ1) is 19.6. The molecular weight excluding hydrogens is 392 g/mol. The molecule has 0 bridgehead atoms. The van der Waals surface area contributed by atoms with Crippen LogP contribution in [0.4, 0.5) is 0 Å². The Morgan fingerprint density at radius 3 is 2.62 bits per heavy atom. The molecule has 1 aliphatic carbocycles. The van der Waals surface area contributed by atoms with Crippen molar-refractivity contribution in [3.8, 4) is 11.5 Å². The third-order valence-electron chi connectivity index (χ3n) is 5.50. The van der Waals surface area contributed by atoms with Gasteiger partial charge in [-0.05, 0) is 31.9 Å². The van der Waals surface area contributed by atoms with Crippen LogP contribution < -0.4 is 5.32 Å². The molecule has 0 radical (unpaired) electrons. The Kier molecular flexibility index (Phi) is 5.40. The van der Waals surface area contributed by atoms with Crippen molar-refractivity contribution < 1.29 is 18.8 Å². The summed E-state index contributed by atoms with van der Waals surface area (Å²) in [5, 5.41) is 10.7. The maximum absolute atomic E-state index is 12.9. The minimum absolute atomic E-state index is 0.0256. The quantitative estimate of drug-likeness (QED) is 0.605. The second-order valence-electron chi connectivity index (χ2n) is 7.48. The number of thioether (sulfide) groups is 1. The van der Waals surface area contributed by atoms with Gasteiger partial charge in [-0.25, -0.2) is 0 Å². The number of carbonyl (C=O) groups is 3. The first-order chi connectivity index (χ1) is 14.0. The highest BCUT2D eigenvalue weighted by Gasteiger charge is 2.50. The molecule has 0 unspecified atom stereocenters. The van der Waals surface area contributed by atoms with Gasteiger partial charge in [-0.1, -0.05) is 48.7 Å². The van der Waals surface area contributed by atoms with Crippen LogP contribution in [0.5, 0.6) is 0 Å². The van der Waals surface area contributed by atoms with E-state index in [1.807, 2.05) is 31.2 Å². The summed E-state index contributed by atoms with van der Waals surface area (Å²) in [5.74, 6) is -0.653. The molecule has 9 heteroatoms. The molecule has 2 heterocycles. The fraction of sp³-hybridized carbons (Fsp3) is 0.450. The molecule has 1 saturated heterocycles. The van der Waals surface area contributed by atoms with Gasteiger partial charge in [0.2, 0.25) is 17.7 Å².